The number of pyridine rings is 1. The van der Waals surface area contributed by atoms with E-state index in [1.54, 1.807) is 0 Å². The standard InChI is InChI=1S/C14H20N4/c1-17-8-4-5-11(10-17)9-13-16-12-6-3-7-15-14(12)18(13)2/h3,6-7,11H,4-5,8-10H2,1-2H3. The molecule has 0 saturated carbocycles. The van der Waals surface area contributed by atoms with Crippen LogP contribution in [0.5, 0.6) is 0 Å². The second kappa shape index (κ2) is 4.69. The lowest BCUT2D eigenvalue weighted by molar-refractivity contribution is 0.207. The van der Waals surface area contributed by atoms with Crippen molar-refractivity contribution in [2.24, 2.45) is 13.0 Å². The van der Waals surface area contributed by atoms with Crippen LogP contribution in [0.4, 0.5) is 0 Å². The monoisotopic (exact) mass is 244 g/mol. The van der Waals surface area contributed by atoms with Crippen LogP contribution in [-0.2, 0) is 13.5 Å². The molecule has 0 amide bonds. The van der Waals surface area contributed by atoms with Crippen LogP contribution in [0.15, 0.2) is 18.3 Å². The van der Waals surface area contributed by atoms with Gasteiger partial charge in [0.15, 0.2) is 5.65 Å². The van der Waals surface area contributed by atoms with Gasteiger partial charge in [0.05, 0.1) is 0 Å². The minimum Gasteiger partial charge on any atom is -0.316 e. The lowest BCUT2D eigenvalue weighted by Gasteiger charge is -2.29. The van der Waals surface area contributed by atoms with Gasteiger partial charge in [0.25, 0.3) is 0 Å². The molecule has 3 heterocycles. The van der Waals surface area contributed by atoms with Gasteiger partial charge >= 0.3 is 0 Å². The van der Waals surface area contributed by atoms with Crippen LogP contribution in [0.2, 0.25) is 0 Å². The Bertz CT molecular complexity index is 546. The van der Waals surface area contributed by atoms with Crippen LogP contribution >= 0.6 is 0 Å². The Kier molecular flexibility index (Phi) is 3.04. The highest BCUT2D eigenvalue weighted by molar-refractivity contribution is 5.70. The first kappa shape index (κ1) is 11.7. The number of fused-ring (bicyclic) bond motifs is 1. The maximum Gasteiger partial charge on any atom is 0.159 e. The lowest BCUT2D eigenvalue weighted by Crippen LogP contribution is -2.33. The number of imidazole rings is 1. The van der Waals surface area contributed by atoms with Gasteiger partial charge in [-0.05, 0) is 44.5 Å². The Hall–Kier alpha value is -1.42. The first-order valence-corrected chi connectivity index (χ1v) is 6.69. The number of aryl methyl sites for hydroxylation is 1. The Morgan fingerprint density at radius 3 is 3.06 bits per heavy atom. The molecule has 0 spiro atoms. The van der Waals surface area contributed by atoms with Gasteiger partial charge in [-0.15, -0.1) is 0 Å². The van der Waals surface area contributed by atoms with Crippen LogP contribution in [0.1, 0.15) is 18.7 Å². The number of aromatic nitrogens is 3. The third kappa shape index (κ3) is 2.12. The van der Waals surface area contributed by atoms with E-state index in [1.165, 1.54) is 31.8 Å². The predicted octanol–water partition coefficient (Wildman–Crippen LogP) is 1.85. The molecule has 2 aromatic heterocycles. The second-order valence-corrected chi connectivity index (χ2v) is 5.41. The average molecular weight is 244 g/mol. The van der Waals surface area contributed by atoms with Gasteiger partial charge in [-0.25, -0.2) is 9.97 Å². The zero-order valence-electron chi connectivity index (χ0n) is 11.1. The number of likely N-dealkylation sites (tertiary alicyclic amines) is 1. The SMILES string of the molecule is CN1CCCC(Cc2nc3cccnc3n2C)C1. The summed E-state index contributed by atoms with van der Waals surface area (Å²) in [7, 11) is 4.28. The minimum absolute atomic E-state index is 0.735. The molecule has 1 atom stereocenters. The highest BCUT2D eigenvalue weighted by Crippen LogP contribution is 2.21. The molecule has 0 aliphatic carbocycles. The summed E-state index contributed by atoms with van der Waals surface area (Å²) in [6, 6.07) is 3.99. The van der Waals surface area contributed by atoms with E-state index in [4.69, 9.17) is 4.98 Å². The molecule has 1 saturated heterocycles. The molecule has 1 aliphatic rings. The average Bonchev–Trinajstić information content (AvgIpc) is 2.67. The lowest BCUT2D eigenvalue weighted by atomic mass is 9.95. The topological polar surface area (TPSA) is 34.0 Å². The smallest absolute Gasteiger partial charge is 0.159 e. The number of nitrogens with zero attached hydrogens (tertiary/aromatic N) is 4. The molecule has 2 aromatic rings. The maximum atomic E-state index is 4.71. The molecule has 0 radical (unpaired) electrons. The molecule has 0 bridgehead atoms. The Balaban J connectivity index is 1.84. The third-order valence-corrected chi connectivity index (χ3v) is 3.91. The molecule has 0 N–H and O–H groups in total. The molecule has 18 heavy (non-hydrogen) atoms. The van der Waals surface area contributed by atoms with E-state index in [0.717, 1.165) is 23.5 Å². The summed E-state index contributed by atoms with van der Waals surface area (Å²) in [6.45, 7) is 2.43. The van der Waals surface area contributed by atoms with Gasteiger partial charge in [-0.3, -0.25) is 0 Å². The van der Waals surface area contributed by atoms with Crippen molar-refractivity contribution < 1.29 is 0 Å². The van der Waals surface area contributed by atoms with Gasteiger partial charge in [-0.1, -0.05) is 0 Å². The second-order valence-electron chi connectivity index (χ2n) is 5.41. The molecule has 96 valence electrons. The third-order valence-electron chi connectivity index (χ3n) is 3.91. The molecule has 4 heteroatoms. The van der Waals surface area contributed by atoms with Crippen LogP contribution in [0.25, 0.3) is 11.2 Å². The van der Waals surface area contributed by atoms with Crippen molar-refractivity contribution in [2.75, 3.05) is 20.1 Å². The fourth-order valence-corrected chi connectivity index (χ4v) is 2.95. The molecule has 1 fully saturated rings. The van der Waals surface area contributed by atoms with E-state index in [-0.39, 0.29) is 0 Å². The van der Waals surface area contributed by atoms with Gasteiger partial charge in [-0.2, -0.15) is 0 Å². The van der Waals surface area contributed by atoms with Gasteiger partial charge in [0.1, 0.15) is 11.3 Å². The van der Waals surface area contributed by atoms with E-state index in [2.05, 4.69) is 28.5 Å². The molecular formula is C14H20N4. The highest BCUT2D eigenvalue weighted by atomic mass is 15.1. The summed E-state index contributed by atoms with van der Waals surface area (Å²) >= 11 is 0. The van der Waals surface area contributed by atoms with E-state index in [1.807, 2.05) is 18.3 Å². The Labute approximate surface area is 108 Å². The summed E-state index contributed by atoms with van der Waals surface area (Å²) in [5.74, 6) is 1.91. The number of hydrogen-bond acceptors (Lipinski definition) is 3. The van der Waals surface area contributed by atoms with Crippen molar-refractivity contribution in [3.05, 3.63) is 24.2 Å². The zero-order chi connectivity index (χ0) is 12.5. The van der Waals surface area contributed by atoms with E-state index in [9.17, 15) is 0 Å². The predicted molar refractivity (Wildman–Crippen MR) is 72.4 cm³/mol. The van der Waals surface area contributed by atoms with Crippen LogP contribution in [-0.4, -0.2) is 39.6 Å². The summed E-state index contributed by atoms with van der Waals surface area (Å²) < 4.78 is 2.14. The van der Waals surface area contributed by atoms with Crippen molar-refractivity contribution >= 4 is 11.2 Å². The molecule has 0 aromatic carbocycles. The summed E-state index contributed by atoms with van der Waals surface area (Å²) in [4.78, 5) is 11.5. The summed E-state index contributed by atoms with van der Waals surface area (Å²) in [6.07, 6.45) is 5.53. The molecule has 1 unspecified atom stereocenters. The molecular weight excluding hydrogens is 224 g/mol. The summed E-state index contributed by atoms with van der Waals surface area (Å²) in [5, 5.41) is 0. The molecule has 3 rings (SSSR count). The van der Waals surface area contributed by atoms with Crippen LogP contribution in [0.3, 0.4) is 0 Å². The van der Waals surface area contributed by atoms with Crippen molar-refractivity contribution in [3.8, 4) is 0 Å². The number of piperidine rings is 1. The van der Waals surface area contributed by atoms with Crippen LogP contribution in [0, 0.1) is 5.92 Å². The minimum atomic E-state index is 0.735. The van der Waals surface area contributed by atoms with Crippen molar-refractivity contribution in [2.45, 2.75) is 19.3 Å². The van der Waals surface area contributed by atoms with Gasteiger partial charge in [0.2, 0.25) is 0 Å². The Morgan fingerprint density at radius 2 is 2.28 bits per heavy atom. The quantitative estimate of drug-likeness (QED) is 0.808. The van der Waals surface area contributed by atoms with Gasteiger partial charge < -0.3 is 9.47 Å². The van der Waals surface area contributed by atoms with E-state index < -0.39 is 0 Å². The summed E-state index contributed by atoms with van der Waals surface area (Å²) in [5.41, 5.74) is 2.01. The maximum absolute atomic E-state index is 4.71. The highest BCUT2D eigenvalue weighted by Gasteiger charge is 2.20. The normalized spacial score (nSPS) is 21.6. The fourth-order valence-electron chi connectivity index (χ4n) is 2.95. The van der Waals surface area contributed by atoms with E-state index in [0.29, 0.717) is 0 Å². The molecule has 1 aliphatic heterocycles. The van der Waals surface area contributed by atoms with Crippen molar-refractivity contribution in [1.29, 1.82) is 0 Å². The zero-order valence-corrected chi connectivity index (χ0v) is 11.1. The number of hydrogen-bond donors (Lipinski definition) is 0. The largest absolute Gasteiger partial charge is 0.316 e. The van der Waals surface area contributed by atoms with Gasteiger partial charge in [0, 0.05) is 26.2 Å². The van der Waals surface area contributed by atoms with Crippen molar-refractivity contribution in [1.82, 2.24) is 19.4 Å². The Morgan fingerprint density at radius 1 is 1.39 bits per heavy atom. The fraction of sp³-hybridized carbons (Fsp3) is 0.571. The van der Waals surface area contributed by atoms with Crippen LogP contribution < -0.4 is 0 Å². The first-order valence-electron chi connectivity index (χ1n) is 6.69. The van der Waals surface area contributed by atoms with E-state index >= 15 is 0 Å². The molecule has 4 nitrogen and oxygen atoms in total. The number of rotatable bonds is 2. The first-order chi connectivity index (χ1) is 8.74. The van der Waals surface area contributed by atoms with Crippen molar-refractivity contribution in [3.63, 3.8) is 0 Å².